The van der Waals surface area contributed by atoms with Crippen molar-refractivity contribution in [1.82, 2.24) is 10.2 Å². The maximum absolute atomic E-state index is 13.0. The Morgan fingerprint density at radius 2 is 1.91 bits per heavy atom. The second-order valence-electron chi connectivity index (χ2n) is 6.57. The number of carbonyl (C=O) groups excluding carboxylic acids is 2. The van der Waals surface area contributed by atoms with Crippen LogP contribution in [-0.4, -0.2) is 42.6 Å². The summed E-state index contributed by atoms with van der Waals surface area (Å²) in [5.74, 6) is 0.116. The van der Waals surface area contributed by atoms with E-state index in [2.05, 4.69) is 24.4 Å². The van der Waals surface area contributed by atoms with E-state index in [-0.39, 0.29) is 17.9 Å². The van der Waals surface area contributed by atoms with Gasteiger partial charge < -0.3 is 15.0 Å². The van der Waals surface area contributed by atoms with Crippen molar-refractivity contribution in [2.75, 3.05) is 13.7 Å². The van der Waals surface area contributed by atoms with Crippen molar-refractivity contribution in [3.8, 4) is 0 Å². The van der Waals surface area contributed by atoms with Gasteiger partial charge in [0.1, 0.15) is 6.04 Å². The summed E-state index contributed by atoms with van der Waals surface area (Å²) in [6.07, 6.45) is 3.16. The van der Waals surface area contributed by atoms with Crippen LogP contribution in [0.3, 0.4) is 0 Å². The number of fused-ring (bicyclic) bond motifs is 1. The minimum absolute atomic E-state index is 0.0261. The molecular weight excluding hydrogens is 292 g/mol. The van der Waals surface area contributed by atoms with Crippen LogP contribution in [0, 0.1) is 5.92 Å². The molecule has 1 aliphatic carbocycles. The first-order valence-electron chi connectivity index (χ1n) is 8.32. The molecule has 1 aromatic rings. The van der Waals surface area contributed by atoms with Crippen molar-refractivity contribution >= 4 is 12.0 Å². The Bertz CT molecular complexity index is 577. The first-order chi connectivity index (χ1) is 11.1. The van der Waals surface area contributed by atoms with Gasteiger partial charge in [0.2, 0.25) is 5.91 Å². The van der Waals surface area contributed by atoms with Crippen LogP contribution in [0.5, 0.6) is 0 Å². The molecule has 124 valence electrons. The molecule has 5 heteroatoms. The molecule has 0 saturated carbocycles. The van der Waals surface area contributed by atoms with Crippen LogP contribution in [0.2, 0.25) is 0 Å². The summed E-state index contributed by atoms with van der Waals surface area (Å²) in [4.78, 5) is 26.7. The van der Waals surface area contributed by atoms with E-state index in [4.69, 9.17) is 4.74 Å². The van der Waals surface area contributed by atoms with Gasteiger partial charge >= 0.3 is 6.09 Å². The number of methoxy groups -OCH3 is 1. The van der Waals surface area contributed by atoms with Crippen molar-refractivity contribution in [3.63, 3.8) is 0 Å². The van der Waals surface area contributed by atoms with E-state index in [0.29, 0.717) is 0 Å². The summed E-state index contributed by atoms with van der Waals surface area (Å²) < 4.78 is 4.74. The Morgan fingerprint density at radius 3 is 2.43 bits per heavy atom. The highest BCUT2D eigenvalue weighted by molar-refractivity contribution is 5.86. The van der Waals surface area contributed by atoms with Crippen molar-refractivity contribution < 1.29 is 14.3 Å². The van der Waals surface area contributed by atoms with Gasteiger partial charge in [0.25, 0.3) is 0 Å². The first kappa shape index (κ1) is 15.8. The minimum atomic E-state index is -0.536. The minimum Gasteiger partial charge on any atom is -0.453 e. The van der Waals surface area contributed by atoms with E-state index in [0.717, 1.165) is 32.2 Å². The standard InChI is InChI=1S/C18H24N2O3/c1-12-6-5-9-20(12)17(21)16(19-18(22)23-2)15-10-13-7-3-4-8-14(13)11-15/h3-4,7-8,12,15-16H,5-6,9-11H2,1-2H3,(H,19,22)/t12?,16-/m0/s1. The van der Waals surface area contributed by atoms with Gasteiger partial charge in [-0.05, 0) is 49.7 Å². The highest BCUT2D eigenvalue weighted by atomic mass is 16.5. The van der Waals surface area contributed by atoms with E-state index >= 15 is 0 Å². The summed E-state index contributed by atoms with van der Waals surface area (Å²) >= 11 is 0. The monoisotopic (exact) mass is 316 g/mol. The van der Waals surface area contributed by atoms with Crippen LogP contribution in [0.25, 0.3) is 0 Å². The Morgan fingerprint density at radius 1 is 1.26 bits per heavy atom. The topological polar surface area (TPSA) is 58.6 Å². The Kier molecular flexibility index (Phi) is 4.55. The molecule has 1 heterocycles. The van der Waals surface area contributed by atoms with Gasteiger partial charge in [0.05, 0.1) is 7.11 Å². The van der Waals surface area contributed by atoms with E-state index in [1.165, 1.54) is 18.2 Å². The second-order valence-corrected chi connectivity index (χ2v) is 6.57. The SMILES string of the molecule is COC(=O)N[C@H](C(=O)N1CCCC1C)C1Cc2ccccc2C1. The van der Waals surface area contributed by atoms with Crippen molar-refractivity contribution in [1.29, 1.82) is 0 Å². The lowest BCUT2D eigenvalue weighted by Gasteiger charge is -2.30. The lowest BCUT2D eigenvalue weighted by Crippen LogP contribution is -2.53. The number of nitrogens with zero attached hydrogens (tertiary/aromatic N) is 1. The molecule has 2 aliphatic rings. The zero-order valence-electron chi connectivity index (χ0n) is 13.7. The van der Waals surface area contributed by atoms with Crippen molar-refractivity contribution in [2.24, 2.45) is 5.92 Å². The van der Waals surface area contributed by atoms with Crippen LogP contribution < -0.4 is 5.32 Å². The summed E-state index contributed by atoms with van der Waals surface area (Å²) in [5.41, 5.74) is 2.55. The van der Waals surface area contributed by atoms with Gasteiger partial charge in [-0.1, -0.05) is 24.3 Å². The number of nitrogens with one attached hydrogen (secondary N) is 1. The average Bonchev–Trinajstić information content (AvgIpc) is 3.17. The zero-order chi connectivity index (χ0) is 16.4. The predicted molar refractivity (Wildman–Crippen MR) is 87.1 cm³/mol. The number of hydrogen-bond acceptors (Lipinski definition) is 3. The molecular formula is C18H24N2O3. The average molecular weight is 316 g/mol. The normalized spacial score (nSPS) is 21.8. The third-order valence-corrected chi connectivity index (χ3v) is 5.11. The van der Waals surface area contributed by atoms with Crippen LogP contribution in [-0.2, 0) is 22.4 Å². The van der Waals surface area contributed by atoms with Gasteiger partial charge in [-0.25, -0.2) is 4.79 Å². The molecule has 1 fully saturated rings. The molecule has 0 spiro atoms. The third kappa shape index (κ3) is 3.19. The fraction of sp³-hybridized carbons (Fsp3) is 0.556. The van der Waals surface area contributed by atoms with Crippen LogP contribution in [0.4, 0.5) is 4.79 Å². The molecule has 1 saturated heterocycles. The molecule has 1 aromatic carbocycles. The summed E-state index contributed by atoms with van der Waals surface area (Å²) in [6, 6.07) is 7.98. The van der Waals surface area contributed by atoms with Crippen LogP contribution in [0.15, 0.2) is 24.3 Å². The Balaban J connectivity index is 1.79. The Hall–Kier alpha value is -2.04. The smallest absolute Gasteiger partial charge is 0.407 e. The molecule has 2 amide bonds. The fourth-order valence-electron chi connectivity index (χ4n) is 3.84. The molecule has 5 nitrogen and oxygen atoms in total. The largest absolute Gasteiger partial charge is 0.453 e. The maximum atomic E-state index is 13.0. The highest BCUT2D eigenvalue weighted by Crippen LogP contribution is 2.30. The zero-order valence-corrected chi connectivity index (χ0v) is 13.7. The van der Waals surface area contributed by atoms with Gasteiger partial charge in [-0.15, -0.1) is 0 Å². The molecule has 1 N–H and O–H groups in total. The van der Waals surface area contributed by atoms with Gasteiger partial charge in [0.15, 0.2) is 0 Å². The van der Waals surface area contributed by atoms with Gasteiger partial charge in [-0.2, -0.15) is 0 Å². The number of ether oxygens (including phenoxy) is 1. The second kappa shape index (κ2) is 6.60. The molecule has 1 aliphatic heterocycles. The molecule has 2 atom stereocenters. The van der Waals surface area contributed by atoms with Crippen LogP contribution in [0.1, 0.15) is 30.9 Å². The number of hydrogen-bond donors (Lipinski definition) is 1. The van der Waals surface area contributed by atoms with E-state index < -0.39 is 12.1 Å². The number of alkyl carbamates (subject to hydrolysis) is 1. The number of rotatable bonds is 3. The summed E-state index contributed by atoms with van der Waals surface area (Å²) in [7, 11) is 1.33. The maximum Gasteiger partial charge on any atom is 0.407 e. The highest BCUT2D eigenvalue weighted by Gasteiger charge is 2.39. The van der Waals surface area contributed by atoms with Gasteiger partial charge in [-0.3, -0.25) is 4.79 Å². The fourth-order valence-corrected chi connectivity index (χ4v) is 3.84. The molecule has 0 aromatic heterocycles. The first-order valence-corrected chi connectivity index (χ1v) is 8.32. The molecule has 1 unspecified atom stereocenters. The molecule has 23 heavy (non-hydrogen) atoms. The van der Waals surface area contributed by atoms with Crippen LogP contribution >= 0.6 is 0 Å². The quantitative estimate of drug-likeness (QED) is 0.929. The van der Waals surface area contributed by atoms with E-state index in [9.17, 15) is 9.59 Å². The van der Waals surface area contributed by atoms with Crippen molar-refractivity contribution in [2.45, 2.75) is 44.7 Å². The molecule has 0 radical (unpaired) electrons. The van der Waals surface area contributed by atoms with E-state index in [1.807, 2.05) is 17.0 Å². The summed E-state index contributed by atoms with van der Waals surface area (Å²) in [6.45, 7) is 2.85. The summed E-state index contributed by atoms with van der Waals surface area (Å²) in [5, 5.41) is 2.79. The number of likely N-dealkylation sites (tertiary alicyclic amines) is 1. The predicted octanol–water partition coefficient (Wildman–Crippen LogP) is 2.14. The lowest BCUT2D eigenvalue weighted by atomic mass is 9.95. The van der Waals surface area contributed by atoms with E-state index in [1.54, 1.807) is 0 Å². The lowest BCUT2D eigenvalue weighted by molar-refractivity contribution is -0.135. The number of carbonyl (C=O) groups is 2. The molecule has 3 rings (SSSR count). The third-order valence-electron chi connectivity index (χ3n) is 5.11. The van der Waals surface area contributed by atoms with Crippen molar-refractivity contribution in [3.05, 3.63) is 35.4 Å². The number of amides is 2. The van der Waals surface area contributed by atoms with Gasteiger partial charge in [0, 0.05) is 12.6 Å². The Labute approximate surface area is 137 Å². The number of benzene rings is 1. The molecule has 0 bridgehead atoms.